The third kappa shape index (κ3) is 4.90. The largest absolute Gasteiger partial charge is 0.466 e. The molecule has 0 radical (unpaired) electrons. The topological polar surface area (TPSA) is 46.5 Å². The van der Waals surface area contributed by atoms with E-state index in [-0.39, 0.29) is 12.4 Å². The van der Waals surface area contributed by atoms with E-state index in [0.29, 0.717) is 5.57 Å². The van der Waals surface area contributed by atoms with Crippen LogP contribution in [0.25, 0.3) is 17.7 Å². The molecule has 118 valence electrons. The minimum Gasteiger partial charge on any atom is -0.466 e. The molecule has 0 aliphatic rings. The van der Waals surface area contributed by atoms with Crippen LogP contribution >= 0.6 is 0 Å². The molecule has 0 aliphatic heterocycles. The first-order chi connectivity index (χ1) is 11.1. The molecule has 0 aliphatic carbocycles. The molecule has 0 atom stereocenters. The monoisotopic (exact) mass is 312 g/mol. The molecular weight excluding hydrogens is 295 g/mol. The summed E-state index contributed by atoms with van der Waals surface area (Å²) in [6, 6.07) is 13.4. The lowest BCUT2D eigenvalue weighted by Gasteiger charge is -2.05. The fourth-order valence-electron chi connectivity index (χ4n) is 2.02. The number of hydrogen-bond donors (Lipinski definition) is 1. The second-order valence-electron chi connectivity index (χ2n) is 4.86. The van der Waals surface area contributed by atoms with Gasteiger partial charge in [0.2, 0.25) is 0 Å². The quantitative estimate of drug-likeness (QED) is 0.522. The van der Waals surface area contributed by atoms with Crippen molar-refractivity contribution >= 4 is 23.7 Å². The lowest BCUT2D eigenvalue weighted by Crippen LogP contribution is -1.93. The maximum Gasteiger partial charge on any atom is 0.330 e. The summed E-state index contributed by atoms with van der Waals surface area (Å²) in [7, 11) is 1.33. The van der Waals surface area contributed by atoms with Gasteiger partial charge in [-0.15, -0.1) is 0 Å². The van der Waals surface area contributed by atoms with Gasteiger partial charge in [-0.25, -0.2) is 9.18 Å². The Morgan fingerprint density at radius 3 is 2.26 bits per heavy atom. The maximum atomic E-state index is 13.0. The molecule has 0 aromatic heterocycles. The van der Waals surface area contributed by atoms with Gasteiger partial charge in [0.05, 0.1) is 13.7 Å². The molecule has 2 aromatic rings. The van der Waals surface area contributed by atoms with Gasteiger partial charge in [-0.2, -0.15) is 0 Å². The van der Waals surface area contributed by atoms with Crippen molar-refractivity contribution in [2.75, 3.05) is 13.7 Å². The van der Waals surface area contributed by atoms with Crippen LogP contribution in [0.2, 0.25) is 0 Å². The van der Waals surface area contributed by atoms with Crippen LogP contribution in [0, 0.1) is 5.82 Å². The first kappa shape index (κ1) is 16.6. The summed E-state index contributed by atoms with van der Waals surface area (Å²) < 4.78 is 17.5. The van der Waals surface area contributed by atoms with Crippen LogP contribution in [0.15, 0.2) is 54.6 Å². The number of carbonyl (C=O) groups excluding carboxylic acids is 1. The van der Waals surface area contributed by atoms with E-state index in [1.54, 1.807) is 18.2 Å². The average molecular weight is 312 g/mol. The Hall–Kier alpha value is -2.72. The normalized spacial score (nSPS) is 11.7. The van der Waals surface area contributed by atoms with Crippen molar-refractivity contribution in [3.63, 3.8) is 0 Å². The van der Waals surface area contributed by atoms with E-state index >= 15 is 0 Å². The van der Waals surface area contributed by atoms with Crippen LogP contribution in [0.4, 0.5) is 4.39 Å². The van der Waals surface area contributed by atoms with Gasteiger partial charge >= 0.3 is 5.97 Å². The summed E-state index contributed by atoms with van der Waals surface area (Å²) in [6.45, 7) is -0.143. The van der Waals surface area contributed by atoms with E-state index in [9.17, 15) is 14.3 Å². The minimum absolute atomic E-state index is 0.143. The number of benzene rings is 2. The molecule has 0 bridgehead atoms. The van der Waals surface area contributed by atoms with E-state index in [4.69, 9.17) is 0 Å². The highest BCUT2D eigenvalue weighted by molar-refractivity contribution is 5.87. The Morgan fingerprint density at radius 1 is 1.09 bits per heavy atom. The summed E-state index contributed by atoms with van der Waals surface area (Å²) in [5.41, 5.74) is 3.22. The van der Waals surface area contributed by atoms with E-state index in [0.717, 1.165) is 16.7 Å². The molecule has 23 heavy (non-hydrogen) atoms. The fourth-order valence-corrected chi connectivity index (χ4v) is 2.02. The molecule has 4 heteroatoms. The number of hydrogen-bond acceptors (Lipinski definition) is 3. The van der Waals surface area contributed by atoms with Gasteiger partial charge in [-0.3, -0.25) is 0 Å². The third-order valence-corrected chi connectivity index (χ3v) is 3.28. The van der Waals surface area contributed by atoms with Crippen LogP contribution in [0.1, 0.15) is 16.7 Å². The van der Waals surface area contributed by atoms with Gasteiger partial charge in [0.1, 0.15) is 5.82 Å². The zero-order valence-electron chi connectivity index (χ0n) is 12.7. The maximum absolute atomic E-state index is 13.0. The third-order valence-electron chi connectivity index (χ3n) is 3.28. The number of rotatable bonds is 5. The Bertz CT molecular complexity index is 713. The first-order valence-corrected chi connectivity index (χ1v) is 7.06. The van der Waals surface area contributed by atoms with Crippen molar-refractivity contribution in [2.45, 2.75) is 0 Å². The highest BCUT2D eigenvalue weighted by Gasteiger charge is 2.01. The van der Waals surface area contributed by atoms with Gasteiger partial charge in [-0.05, 0) is 46.5 Å². The number of methoxy groups -OCH3 is 1. The number of carbonyl (C=O) groups is 1. The van der Waals surface area contributed by atoms with Crippen molar-refractivity contribution in [1.29, 1.82) is 0 Å². The zero-order valence-corrected chi connectivity index (χ0v) is 12.7. The van der Waals surface area contributed by atoms with Crippen molar-refractivity contribution in [2.24, 2.45) is 0 Å². The molecule has 0 saturated heterocycles. The van der Waals surface area contributed by atoms with Gasteiger partial charge in [0, 0.05) is 6.08 Å². The second kappa shape index (κ2) is 8.06. The standard InChI is InChI=1S/C19H17FO3/c1-23-19(22)11-6-14-2-4-15(5-3-14)12-17(13-21)16-7-9-18(20)10-8-16/h2-12,21H,13H2,1H3/b11-6+,17-12?. The van der Waals surface area contributed by atoms with E-state index < -0.39 is 5.97 Å². The Balaban J connectivity index is 2.19. The number of aliphatic hydroxyl groups excluding tert-OH is 1. The second-order valence-corrected chi connectivity index (χ2v) is 4.86. The van der Waals surface area contributed by atoms with Gasteiger partial charge < -0.3 is 9.84 Å². The molecule has 2 rings (SSSR count). The Kier molecular flexibility index (Phi) is 5.83. The van der Waals surface area contributed by atoms with Gasteiger partial charge in [-0.1, -0.05) is 36.4 Å². The summed E-state index contributed by atoms with van der Waals surface area (Å²) in [5, 5.41) is 9.51. The predicted molar refractivity (Wildman–Crippen MR) is 88.8 cm³/mol. The van der Waals surface area contributed by atoms with E-state index in [1.807, 2.05) is 30.3 Å². The summed E-state index contributed by atoms with van der Waals surface area (Å²) >= 11 is 0. The molecule has 1 N–H and O–H groups in total. The number of aliphatic hydroxyl groups is 1. The van der Waals surface area contributed by atoms with Crippen LogP contribution in [0.3, 0.4) is 0 Å². The smallest absolute Gasteiger partial charge is 0.330 e. The van der Waals surface area contributed by atoms with Crippen LogP contribution in [-0.2, 0) is 9.53 Å². The van der Waals surface area contributed by atoms with Crippen LogP contribution in [0.5, 0.6) is 0 Å². The Morgan fingerprint density at radius 2 is 1.70 bits per heavy atom. The molecule has 0 spiro atoms. The molecule has 2 aromatic carbocycles. The molecule has 0 unspecified atom stereocenters. The van der Waals surface area contributed by atoms with Crippen molar-refractivity contribution in [3.8, 4) is 0 Å². The zero-order chi connectivity index (χ0) is 16.7. The Labute approximate surface area is 134 Å². The van der Waals surface area contributed by atoms with Crippen molar-refractivity contribution in [3.05, 3.63) is 77.1 Å². The lowest BCUT2D eigenvalue weighted by molar-refractivity contribution is -0.134. The number of halogens is 1. The average Bonchev–Trinajstić information content (AvgIpc) is 2.59. The molecule has 0 saturated carbocycles. The van der Waals surface area contributed by atoms with Crippen LogP contribution in [-0.4, -0.2) is 24.8 Å². The first-order valence-electron chi connectivity index (χ1n) is 7.06. The number of ether oxygens (including phenoxy) is 1. The minimum atomic E-state index is -0.409. The van der Waals surface area contributed by atoms with Gasteiger partial charge in [0.25, 0.3) is 0 Å². The van der Waals surface area contributed by atoms with E-state index in [1.165, 1.54) is 25.3 Å². The van der Waals surface area contributed by atoms with E-state index in [2.05, 4.69) is 4.74 Å². The van der Waals surface area contributed by atoms with Crippen molar-refractivity contribution < 1.29 is 19.0 Å². The molecular formula is C19H17FO3. The fraction of sp³-hybridized carbons (Fsp3) is 0.105. The van der Waals surface area contributed by atoms with Crippen molar-refractivity contribution in [1.82, 2.24) is 0 Å². The SMILES string of the molecule is COC(=O)/C=C/c1ccc(C=C(CO)c2ccc(F)cc2)cc1. The molecule has 0 amide bonds. The highest BCUT2D eigenvalue weighted by Crippen LogP contribution is 2.19. The summed E-state index contributed by atoms with van der Waals surface area (Å²) in [6.07, 6.45) is 4.84. The molecule has 0 heterocycles. The summed E-state index contributed by atoms with van der Waals surface area (Å²) in [5.74, 6) is -0.722. The summed E-state index contributed by atoms with van der Waals surface area (Å²) in [4.78, 5) is 11.0. The number of esters is 1. The highest BCUT2D eigenvalue weighted by atomic mass is 19.1. The predicted octanol–water partition coefficient (Wildman–Crippen LogP) is 3.54. The lowest BCUT2D eigenvalue weighted by atomic mass is 10.0. The molecule has 3 nitrogen and oxygen atoms in total. The van der Waals surface area contributed by atoms with Gasteiger partial charge in [0.15, 0.2) is 0 Å². The molecule has 0 fully saturated rings. The van der Waals surface area contributed by atoms with Crippen LogP contribution < -0.4 is 0 Å².